The van der Waals surface area contributed by atoms with E-state index in [4.69, 9.17) is 4.74 Å². The summed E-state index contributed by atoms with van der Waals surface area (Å²) in [7, 11) is 0. The second-order valence-corrected chi connectivity index (χ2v) is 4.22. The van der Waals surface area contributed by atoms with Crippen LogP contribution in [0.3, 0.4) is 0 Å². The first-order valence-corrected chi connectivity index (χ1v) is 5.85. The number of aromatic amines is 1. The summed E-state index contributed by atoms with van der Waals surface area (Å²) in [5.41, 5.74) is -0.617. The molecule has 0 bridgehead atoms. The van der Waals surface area contributed by atoms with E-state index >= 15 is 0 Å². The minimum absolute atomic E-state index is 0.0223. The molecule has 0 aliphatic carbocycles. The summed E-state index contributed by atoms with van der Waals surface area (Å²) < 4.78 is 23.9. The highest BCUT2D eigenvalue weighted by Gasteiger charge is 2.18. The van der Waals surface area contributed by atoms with Crippen LogP contribution in [0.15, 0.2) is 26.1 Å². The molecule has 100 valence electrons. The lowest BCUT2D eigenvalue weighted by molar-refractivity contribution is 0.122. The molecule has 7 heteroatoms. The summed E-state index contributed by atoms with van der Waals surface area (Å²) in [6.45, 7) is 2.16. The average Bonchev–Trinajstić information content (AvgIpc) is 2.41. The highest BCUT2D eigenvalue weighted by Crippen LogP contribution is 2.24. The van der Waals surface area contributed by atoms with Crippen LogP contribution in [-0.4, -0.2) is 31.3 Å². The van der Waals surface area contributed by atoms with E-state index in [9.17, 15) is 14.0 Å². The minimum Gasteiger partial charge on any atom is -0.378 e. The van der Waals surface area contributed by atoms with Crippen LogP contribution in [0, 0.1) is 5.82 Å². The third-order valence-electron chi connectivity index (χ3n) is 3.11. The zero-order chi connectivity index (χ0) is 13.4. The maximum Gasteiger partial charge on any atom is 0.419 e. The number of anilines is 1. The third kappa shape index (κ3) is 2.01. The number of aromatic nitrogens is 1. The number of fused-ring (bicyclic) bond motifs is 1. The van der Waals surface area contributed by atoms with E-state index in [1.807, 2.05) is 4.90 Å². The Bertz CT molecular complexity index is 731. The van der Waals surface area contributed by atoms with Gasteiger partial charge in [-0.25, -0.2) is 14.0 Å². The standard InChI is InChI=1S/C12H11FN2O4/c13-9-8(15-3-5-18-6-4-15)2-1-7-10(9)14-12(17)19-11(7)16/h1-2H,3-6H2,(H,14,17). The summed E-state index contributed by atoms with van der Waals surface area (Å²) in [4.78, 5) is 26.6. The van der Waals surface area contributed by atoms with Crippen molar-refractivity contribution in [1.29, 1.82) is 0 Å². The molecule has 0 radical (unpaired) electrons. The second kappa shape index (κ2) is 4.51. The molecule has 1 aliphatic rings. The van der Waals surface area contributed by atoms with Crippen molar-refractivity contribution in [2.75, 3.05) is 31.2 Å². The zero-order valence-electron chi connectivity index (χ0n) is 9.94. The van der Waals surface area contributed by atoms with Crippen LogP contribution < -0.4 is 16.3 Å². The van der Waals surface area contributed by atoms with E-state index < -0.39 is 17.2 Å². The highest BCUT2D eigenvalue weighted by molar-refractivity contribution is 5.82. The Morgan fingerprint density at radius 1 is 1.21 bits per heavy atom. The number of benzene rings is 1. The lowest BCUT2D eigenvalue weighted by atomic mass is 10.2. The molecule has 0 atom stereocenters. The van der Waals surface area contributed by atoms with Gasteiger partial charge in [-0.1, -0.05) is 0 Å². The quantitative estimate of drug-likeness (QED) is 0.811. The Balaban J connectivity index is 2.20. The summed E-state index contributed by atoms with van der Waals surface area (Å²) in [6.07, 6.45) is 0. The topological polar surface area (TPSA) is 75.5 Å². The van der Waals surface area contributed by atoms with Gasteiger partial charge in [-0.2, -0.15) is 0 Å². The van der Waals surface area contributed by atoms with Gasteiger partial charge >= 0.3 is 11.4 Å². The fraction of sp³-hybridized carbons (Fsp3) is 0.333. The van der Waals surface area contributed by atoms with Crippen LogP contribution in [0.2, 0.25) is 0 Å². The third-order valence-corrected chi connectivity index (χ3v) is 3.11. The van der Waals surface area contributed by atoms with E-state index in [1.165, 1.54) is 12.1 Å². The van der Waals surface area contributed by atoms with E-state index in [1.54, 1.807) is 0 Å². The predicted molar refractivity (Wildman–Crippen MR) is 66.1 cm³/mol. The molecule has 0 spiro atoms. The van der Waals surface area contributed by atoms with Crippen LogP contribution in [0.25, 0.3) is 10.9 Å². The molecule has 1 saturated heterocycles. The summed E-state index contributed by atoms with van der Waals surface area (Å²) in [5.74, 6) is -1.58. The van der Waals surface area contributed by atoms with Crippen molar-refractivity contribution in [1.82, 2.24) is 4.98 Å². The van der Waals surface area contributed by atoms with Gasteiger partial charge < -0.3 is 14.1 Å². The molecule has 1 aromatic carbocycles. The average molecular weight is 266 g/mol. The van der Waals surface area contributed by atoms with Crippen molar-refractivity contribution < 1.29 is 13.5 Å². The summed E-state index contributed by atoms with van der Waals surface area (Å²) in [5, 5.41) is 0.0223. The van der Waals surface area contributed by atoms with Crippen LogP contribution in [0.1, 0.15) is 0 Å². The van der Waals surface area contributed by atoms with Crippen molar-refractivity contribution in [3.63, 3.8) is 0 Å². The minimum atomic E-state index is -0.962. The number of ether oxygens (including phenoxy) is 1. The molecular weight excluding hydrogens is 255 g/mol. The van der Waals surface area contributed by atoms with Crippen LogP contribution in [0.5, 0.6) is 0 Å². The molecule has 0 amide bonds. The molecule has 1 aliphatic heterocycles. The summed E-state index contributed by atoms with van der Waals surface area (Å²) in [6, 6.07) is 2.96. The Labute approximate surface area is 106 Å². The molecule has 2 heterocycles. The number of hydrogen-bond donors (Lipinski definition) is 1. The van der Waals surface area contributed by atoms with Crippen molar-refractivity contribution in [3.05, 3.63) is 38.9 Å². The number of hydrogen-bond acceptors (Lipinski definition) is 5. The van der Waals surface area contributed by atoms with Crippen molar-refractivity contribution in [2.45, 2.75) is 0 Å². The van der Waals surface area contributed by atoms with Gasteiger partial charge in [0.2, 0.25) is 0 Å². The fourth-order valence-corrected chi connectivity index (χ4v) is 2.17. The van der Waals surface area contributed by atoms with Crippen molar-refractivity contribution in [3.8, 4) is 0 Å². The van der Waals surface area contributed by atoms with Crippen LogP contribution in [-0.2, 0) is 4.74 Å². The van der Waals surface area contributed by atoms with E-state index in [-0.39, 0.29) is 10.9 Å². The zero-order valence-corrected chi connectivity index (χ0v) is 9.94. The Hall–Kier alpha value is -2.15. The monoisotopic (exact) mass is 266 g/mol. The Morgan fingerprint density at radius 2 is 1.95 bits per heavy atom. The number of morpholine rings is 1. The highest BCUT2D eigenvalue weighted by atomic mass is 19.1. The van der Waals surface area contributed by atoms with E-state index in [0.717, 1.165) is 0 Å². The summed E-state index contributed by atoms with van der Waals surface area (Å²) >= 11 is 0. The van der Waals surface area contributed by atoms with Crippen LogP contribution in [0.4, 0.5) is 10.1 Å². The first kappa shape index (κ1) is 11.9. The van der Waals surface area contributed by atoms with Gasteiger partial charge in [0.15, 0.2) is 5.82 Å². The number of nitrogens with one attached hydrogen (secondary N) is 1. The normalized spacial score (nSPS) is 15.9. The van der Waals surface area contributed by atoms with Gasteiger partial charge in [0, 0.05) is 13.1 Å². The molecule has 1 aromatic heterocycles. The number of H-pyrrole nitrogens is 1. The Kier molecular flexibility index (Phi) is 2.83. The van der Waals surface area contributed by atoms with Gasteiger partial charge in [0.05, 0.1) is 29.8 Å². The smallest absolute Gasteiger partial charge is 0.378 e. The van der Waals surface area contributed by atoms with Gasteiger partial charge in [-0.15, -0.1) is 0 Å². The fourth-order valence-electron chi connectivity index (χ4n) is 2.17. The van der Waals surface area contributed by atoms with Crippen molar-refractivity contribution >= 4 is 16.6 Å². The molecule has 0 saturated carbocycles. The largest absolute Gasteiger partial charge is 0.419 e. The van der Waals surface area contributed by atoms with Gasteiger partial charge in [-0.05, 0) is 12.1 Å². The molecule has 19 heavy (non-hydrogen) atoms. The first-order chi connectivity index (χ1) is 9.16. The molecule has 3 rings (SSSR count). The SMILES string of the molecule is O=c1[nH]c2c(F)c(N3CCOCC3)ccc2c(=O)o1. The molecule has 1 N–H and O–H groups in total. The van der Waals surface area contributed by atoms with Gasteiger partial charge in [-0.3, -0.25) is 4.98 Å². The van der Waals surface area contributed by atoms with E-state index in [0.29, 0.717) is 32.0 Å². The van der Waals surface area contributed by atoms with Crippen LogP contribution >= 0.6 is 0 Å². The lowest BCUT2D eigenvalue weighted by Crippen LogP contribution is -2.36. The van der Waals surface area contributed by atoms with E-state index in [2.05, 4.69) is 9.40 Å². The second-order valence-electron chi connectivity index (χ2n) is 4.22. The van der Waals surface area contributed by atoms with Gasteiger partial charge in [0.25, 0.3) is 0 Å². The predicted octanol–water partition coefficient (Wildman–Crippen LogP) is 0.457. The van der Waals surface area contributed by atoms with Gasteiger partial charge in [0.1, 0.15) is 0 Å². The lowest BCUT2D eigenvalue weighted by Gasteiger charge is -2.29. The molecule has 6 nitrogen and oxygen atoms in total. The molecule has 0 unspecified atom stereocenters. The Morgan fingerprint density at radius 3 is 2.68 bits per heavy atom. The number of rotatable bonds is 1. The first-order valence-electron chi connectivity index (χ1n) is 5.85. The maximum atomic E-state index is 14.4. The molecular formula is C12H11FN2O4. The maximum absolute atomic E-state index is 14.4. The van der Waals surface area contributed by atoms with Crippen molar-refractivity contribution in [2.24, 2.45) is 0 Å². The number of halogens is 1. The number of nitrogens with zero attached hydrogens (tertiary/aromatic N) is 1. The molecule has 1 fully saturated rings. The molecule has 2 aromatic rings.